The average molecular weight is 322 g/mol. The third kappa shape index (κ3) is 2.33. The van der Waals surface area contributed by atoms with Crippen molar-refractivity contribution in [3.63, 3.8) is 0 Å². The molecule has 116 valence electrons. The molecule has 0 aliphatic carbocycles. The molecule has 0 aliphatic rings. The Balaban J connectivity index is 2.03. The van der Waals surface area contributed by atoms with Crippen molar-refractivity contribution in [2.75, 3.05) is 4.72 Å². The first-order chi connectivity index (χ1) is 10.4. The van der Waals surface area contributed by atoms with Crippen molar-refractivity contribution in [3.8, 4) is 0 Å². The standard InChI is InChI=1S/C13H14N4O4S/c1-4-11-10-5-9(6-14-13(10)21-16-11)22(18,19)17-12-7(2)8(3)15-20-12/h5-6,17H,4H2,1-3H3. The van der Waals surface area contributed by atoms with Crippen LogP contribution in [0.3, 0.4) is 0 Å². The van der Waals surface area contributed by atoms with Gasteiger partial charge in [-0.25, -0.2) is 18.1 Å². The van der Waals surface area contributed by atoms with E-state index in [-0.39, 0.29) is 10.8 Å². The number of nitrogens with zero attached hydrogens (tertiary/aromatic N) is 3. The van der Waals surface area contributed by atoms with Gasteiger partial charge in [0, 0.05) is 5.56 Å². The maximum absolute atomic E-state index is 12.4. The number of rotatable bonds is 4. The van der Waals surface area contributed by atoms with Crippen LogP contribution in [-0.4, -0.2) is 23.7 Å². The highest BCUT2D eigenvalue weighted by Gasteiger charge is 2.21. The van der Waals surface area contributed by atoms with Crippen LogP contribution in [0.15, 0.2) is 26.2 Å². The highest BCUT2D eigenvalue weighted by Crippen LogP contribution is 2.24. The van der Waals surface area contributed by atoms with E-state index < -0.39 is 10.0 Å². The Morgan fingerprint density at radius 1 is 1.23 bits per heavy atom. The SMILES string of the molecule is CCc1noc2ncc(S(=O)(=O)Nc3onc(C)c3C)cc12. The zero-order valence-corrected chi connectivity index (χ0v) is 13.1. The van der Waals surface area contributed by atoms with Crippen LogP contribution in [0.1, 0.15) is 23.9 Å². The van der Waals surface area contributed by atoms with Gasteiger partial charge in [-0.15, -0.1) is 0 Å². The topological polar surface area (TPSA) is 111 Å². The molecule has 3 rings (SSSR count). The van der Waals surface area contributed by atoms with Crippen LogP contribution in [0.5, 0.6) is 0 Å². The fourth-order valence-corrected chi connectivity index (χ4v) is 2.97. The molecule has 22 heavy (non-hydrogen) atoms. The molecule has 8 nitrogen and oxygen atoms in total. The van der Waals surface area contributed by atoms with Crippen LogP contribution in [0.4, 0.5) is 5.88 Å². The number of anilines is 1. The van der Waals surface area contributed by atoms with Crippen molar-refractivity contribution in [1.82, 2.24) is 15.3 Å². The molecule has 0 aromatic carbocycles. The zero-order valence-electron chi connectivity index (χ0n) is 12.2. The molecule has 0 spiro atoms. The van der Waals surface area contributed by atoms with Gasteiger partial charge in [-0.1, -0.05) is 17.2 Å². The number of hydrogen-bond donors (Lipinski definition) is 1. The minimum Gasteiger partial charge on any atom is -0.337 e. The summed E-state index contributed by atoms with van der Waals surface area (Å²) in [5, 5.41) is 8.16. The molecular formula is C13H14N4O4S. The molecule has 0 saturated carbocycles. The van der Waals surface area contributed by atoms with Gasteiger partial charge in [-0.2, -0.15) is 0 Å². The molecular weight excluding hydrogens is 308 g/mol. The minimum atomic E-state index is -3.83. The van der Waals surface area contributed by atoms with Crippen molar-refractivity contribution in [3.05, 3.63) is 29.2 Å². The monoisotopic (exact) mass is 322 g/mol. The maximum atomic E-state index is 12.4. The second-order valence-corrected chi connectivity index (χ2v) is 6.52. The fraction of sp³-hybridized carbons (Fsp3) is 0.308. The number of sulfonamides is 1. The fourth-order valence-electron chi connectivity index (χ4n) is 1.95. The number of aryl methyl sites for hydroxylation is 2. The first-order valence-electron chi connectivity index (χ1n) is 6.62. The lowest BCUT2D eigenvalue weighted by Gasteiger charge is -2.05. The van der Waals surface area contributed by atoms with Crippen LogP contribution >= 0.6 is 0 Å². The molecule has 0 bridgehead atoms. The van der Waals surface area contributed by atoms with Gasteiger partial charge in [-0.3, -0.25) is 0 Å². The predicted molar refractivity (Wildman–Crippen MR) is 78.0 cm³/mol. The van der Waals surface area contributed by atoms with Crippen molar-refractivity contribution in [1.29, 1.82) is 0 Å². The van der Waals surface area contributed by atoms with Gasteiger partial charge in [-0.05, 0) is 26.3 Å². The Labute approximate surface area is 126 Å². The molecule has 0 amide bonds. The molecule has 9 heteroatoms. The van der Waals surface area contributed by atoms with Gasteiger partial charge >= 0.3 is 0 Å². The van der Waals surface area contributed by atoms with E-state index in [0.717, 1.165) is 0 Å². The Kier molecular flexibility index (Phi) is 3.36. The van der Waals surface area contributed by atoms with E-state index in [4.69, 9.17) is 9.05 Å². The van der Waals surface area contributed by atoms with E-state index in [2.05, 4.69) is 20.0 Å². The minimum absolute atomic E-state index is 0.00588. The molecule has 3 aromatic rings. The van der Waals surface area contributed by atoms with Gasteiger partial charge < -0.3 is 9.05 Å². The maximum Gasteiger partial charge on any atom is 0.265 e. The summed E-state index contributed by atoms with van der Waals surface area (Å²) in [6, 6.07) is 1.48. The van der Waals surface area contributed by atoms with Gasteiger partial charge in [0.2, 0.25) is 5.88 Å². The van der Waals surface area contributed by atoms with E-state index in [1.807, 2.05) is 6.92 Å². The lowest BCUT2D eigenvalue weighted by atomic mass is 10.2. The summed E-state index contributed by atoms with van der Waals surface area (Å²) in [5.41, 5.74) is 2.23. The molecule has 0 unspecified atom stereocenters. The third-order valence-electron chi connectivity index (χ3n) is 3.41. The van der Waals surface area contributed by atoms with Gasteiger partial charge in [0.05, 0.1) is 23.0 Å². The van der Waals surface area contributed by atoms with Crippen molar-refractivity contribution < 1.29 is 17.5 Å². The highest BCUT2D eigenvalue weighted by molar-refractivity contribution is 7.92. The molecule has 0 fully saturated rings. The first-order valence-corrected chi connectivity index (χ1v) is 8.10. The van der Waals surface area contributed by atoms with Gasteiger partial charge in [0.25, 0.3) is 15.7 Å². The normalized spacial score (nSPS) is 12.0. The van der Waals surface area contributed by atoms with E-state index in [1.54, 1.807) is 13.8 Å². The summed E-state index contributed by atoms with van der Waals surface area (Å²) in [5.74, 6) is 0.0960. The molecule has 0 aliphatic heterocycles. The molecule has 3 heterocycles. The van der Waals surface area contributed by atoms with E-state index in [0.29, 0.717) is 34.5 Å². The van der Waals surface area contributed by atoms with Crippen LogP contribution in [0.2, 0.25) is 0 Å². The zero-order chi connectivity index (χ0) is 15.9. The van der Waals surface area contributed by atoms with Crippen LogP contribution < -0.4 is 4.72 Å². The summed E-state index contributed by atoms with van der Waals surface area (Å²) in [6.45, 7) is 5.35. The average Bonchev–Trinajstić information content (AvgIpc) is 3.04. The van der Waals surface area contributed by atoms with Gasteiger partial charge in [0.15, 0.2) is 0 Å². The van der Waals surface area contributed by atoms with Crippen molar-refractivity contribution in [2.24, 2.45) is 0 Å². The largest absolute Gasteiger partial charge is 0.337 e. The summed E-state index contributed by atoms with van der Waals surface area (Å²) < 4.78 is 37.3. The molecule has 1 N–H and O–H groups in total. The van der Waals surface area contributed by atoms with Crippen molar-refractivity contribution in [2.45, 2.75) is 32.1 Å². The summed E-state index contributed by atoms with van der Waals surface area (Å²) >= 11 is 0. The smallest absolute Gasteiger partial charge is 0.265 e. The highest BCUT2D eigenvalue weighted by atomic mass is 32.2. The number of nitrogens with one attached hydrogen (secondary N) is 1. The second kappa shape index (κ2) is 5.09. The van der Waals surface area contributed by atoms with Crippen LogP contribution in [0.25, 0.3) is 11.1 Å². The van der Waals surface area contributed by atoms with Gasteiger partial charge in [0.1, 0.15) is 4.90 Å². The number of fused-ring (bicyclic) bond motifs is 1. The second-order valence-electron chi connectivity index (χ2n) is 4.83. The lowest BCUT2D eigenvalue weighted by molar-refractivity contribution is 0.430. The summed E-state index contributed by atoms with van der Waals surface area (Å²) in [6.07, 6.45) is 1.83. The van der Waals surface area contributed by atoms with E-state index in [1.165, 1.54) is 12.3 Å². The Morgan fingerprint density at radius 3 is 2.64 bits per heavy atom. The van der Waals surface area contributed by atoms with E-state index in [9.17, 15) is 8.42 Å². The first kappa shape index (κ1) is 14.5. The number of hydrogen-bond acceptors (Lipinski definition) is 7. The van der Waals surface area contributed by atoms with Crippen LogP contribution in [0, 0.1) is 13.8 Å². The molecule has 0 saturated heterocycles. The molecule has 3 aromatic heterocycles. The Bertz CT molecular complexity index is 942. The Morgan fingerprint density at radius 2 is 2.00 bits per heavy atom. The lowest BCUT2D eigenvalue weighted by Crippen LogP contribution is -2.13. The summed E-state index contributed by atoms with van der Waals surface area (Å²) in [4.78, 5) is 4.00. The number of aromatic nitrogens is 3. The van der Waals surface area contributed by atoms with Crippen LogP contribution in [-0.2, 0) is 16.4 Å². The summed E-state index contributed by atoms with van der Waals surface area (Å²) in [7, 11) is -3.83. The number of pyridine rings is 1. The molecule has 0 radical (unpaired) electrons. The quantitative estimate of drug-likeness (QED) is 0.783. The van der Waals surface area contributed by atoms with Crippen molar-refractivity contribution >= 4 is 27.0 Å². The predicted octanol–water partition coefficient (Wildman–Crippen LogP) is 2.19. The Hall–Kier alpha value is -2.42. The third-order valence-corrected chi connectivity index (χ3v) is 4.71. The van der Waals surface area contributed by atoms with E-state index >= 15 is 0 Å². The molecule has 0 atom stereocenters.